The molecule has 4 rings (SSSR count). The second kappa shape index (κ2) is 6.93. The highest BCUT2D eigenvalue weighted by Gasteiger charge is 2.31. The van der Waals surface area contributed by atoms with Gasteiger partial charge in [-0.25, -0.2) is 8.42 Å². The second-order valence-corrected chi connectivity index (χ2v) is 8.74. The first-order valence-corrected chi connectivity index (χ1v) is 10.7. The van der Waals surface area contributed by atoms with Crippen LogP contribution in [-0.2, 0) is 16.4 Å². The lowest BCUT2D eigenvalue weighted by Crippen LogP contribution is -2.46. The molecule has 2 aliphatic rings. The molecule has 0 atom stereocenters. The number of hydrogen-bond donors (Lipinski definition) is 0. The third kappa shape index (κ3) is 3.08. The van der Waals surface area contributed by atoms with E-state index in [-0.39, 0.29) is 0 Å². The van der Waals surface area contributed by atoms with Gasteiger partial charge in [0.15, 0.2) is 0 Å². The van der Waals surface area contributed by atoms with Gasteiger partial charge in [0.1, 0.15) is 0 Å². The average molecular weight is 372 g/mol. The number of anilines is 2. The Hall–Kier alpha value is -2.05. The van der Waals surface area contributed by atoms with E-state index in [0.717, 1.165) is 50.4 Å². The summed E-state index contributed by atoms with van der Waals surface area (Å²) in [6.45, 7) is 8.04. The molecule has 2 heterocycles. The number of likely N-dealkylation sites (N-methyl/N-ethyl adjacent to an activating group) is 1. The Labute approximate surface area is 155 Å². The van der Waals surface area contributed by atoms with Crippen molar-refractivity contribution in [3.05, 3.63) is 54.1 Å². The van der Waals surface area contributed by atoms with Crippen LogP contribution < -0.4 is 9.21 Å². The largest absolute Gasteiger partial charge is 0.369 e. The minimum Gasteiger partial charge on any atom is -0.369 e. The molecule has 0 aliphatic carbocycles. The molecule has 0 radical (unpaired) electrons. The molecular formula is C20H25N3O2S. The van der Waals surface area contributed by atoms with Crippen LogP contribution >= 0.6 is 0 Å². The van der Waals surface area contributed by atoms with E-state index in [4.69, 9.17) is 0 Å². The van der Waals surface area contributed by atoms with Gasteiger partial charge in [-0.05, 0) is 48.9 Å². The fourth-order valence-electron chi connectivity index (χ4n) is 3.85. The van der Waals surface area contributed by atoms with Crippen LogP contribution in [0, 0.1) is 0 Å². The lowest BCUT2D eigenvalue weighted by atomic mass is 10.1. The van der Waals surface area contributed by atoms with E-state index in [1.807, 2.05) is 12.1 Å². The zero-order valence-electron chi connectivity index (χ0n) is 15.1. The van der Waals surface area contributed by atoms with Gasteiger partial charge in [-0.15, -0.1) is 0 Å². The molecule has 2 aromatic carbocycles. The van der Waals surface area contributed by atoms with Gasteiger partial charge in [0, 0.05) is 38.4 Å². The highest BCUT2D eigenvalue weighted by atomic mass is 32.2. The summed E-state index contributed by atoms with van der Waals surface area (Å²) in [5.41, 5.74) is 3.16. The minimum atomic E-state index is -3.49. The van der Waals surface area contributed by atoms with Gasteiger partial charge in [-0.1, -0.05) is 25.1 Å². The predicted molar refractivity (Wildman–Crippen MR) is 105 cm³/mol. The Morgan fingerprint density at radius 1 is 0.923 bits per heavy atom. The van der Waals surface area contributed by atoms with Crippen LogP contribution in [0.3, 0.4) is 0 Å². The summed E-state index contributed by atoms with van der Waals surface area (Å²) in [6, 6.07) is 14.9. The monoisotopic (exact) mass is 371 g/mol. The summed E-state index contributed by atoms with van der Waals surface area (Å²) in [4.78, 5) is 5.21. The van der Waals surface area contributed by atoms with Crippen molar-refractivity contribution in [3.8, 4) is 0 Å². The van der Waals surface area contributed by atoms with Crippen molar-refractivity contribution < 1.29 is 8.42 Å². The topological polar surface area (TPSA) is 43.9 Å². The summed E-state index contributed by atoms with van der Waals surface area (Å²) in [7, 11) is -3.49. The van der Waals surface area contributed by atoms with Crippen molar-refractivity contribution in [2.45, 2.75) is 18.2 Å². The van der Waals surface area contributed by atoms with Crippen LogP contribution in [-0.4, -0.2) is 52.6 Å². The molecule has 138 valence electrons. The quantitative estimate of drug-likeness (QED) is 0.829. The molecule has 2 aromatic rings. The second-order valence-electron chi connectivity index (χ2n) is 6.87. The highest BCUT2D eigenvalue weighted by molar-refractivity contribution is 7.92. The maximum absolute atomic E-state index is 13.0. The van der Waals surface area contributed by atoms with Crippen LogP contribution in [0.1, 0.15) is 12.5 Å². The molecule has 0 spiro atoms. The number of fused-ring (bicyclic) bond motifs is 1. The lowest BCUT2D eigenvalue weighted by molar-refractivity contribution is 0.271. The molecule has 26 heavy (non-hydrogen) atoms. The summed E-state index contributed by atoms with van der Waals surface area (Å²) < 4.78 is 27.5. The molecule has 0 N–H and O–H groups in total. The van der Waals surface area contributed by atoms with Gasteiger partial charge in [-0.3, -0.25) is 4.31 Å². The summed E-state index contributed by atoms with van der Waals surface area (Å²) >= 11 is 0. The van der Waals surface area contributed by atoms with Gasteiger partial charge in [-0.2, -0.15) is 0 Å². The van der Waals surface area contributed by atoms with Gasteiger partial charge >= 0.3 is 0 Å². The van der Waals surface area contributed by atoms with Gasteiger partial charge in [0.2, 0.25) is 0 Å². The third-order valence-electron chi connectivity index (χ3n) is 5.43. The van der Waals surface area contributed by atoms with Gasteiger partial charge < -0.3 is 9.80 Å². The zero-order chi connectivity index (χ0) is 18.1. The average Bonchev–Trinajstić information content (AvgIpc) is 3.13. The number of sulfonamides is 1. The van der Waals surface area contributed by atoms with Crippen LogP contribution in [0.25, 0.3) is 0 Å². The Balaban J connectivity index is 1.58. The number of hydrogen-bond acceptors (Lipinski definition) is 4. The number of benzene rings is 2. The predicted octanol–water partition coefficient (Wildman–Crippen LogP) is 2.58. The maximum Gasteiger partial charge on any atom is 0.264 e. The fraction of sp³-hybridized carbons (Fsp3) is 0.400. The molecule has 6 heteroatoms. The Bertz CT molecular complexity index is 875. The summed E-state index contributed by atoms with van der Waals surface area (Å²) in [6.07, 6.45) is 0.768. The molecule has 2 aliphatic heterocycles. The Morgan fingerprint density at radius 2 is 1.65 bits per heavy atom. The molecule has 0 saturated carbocycles. The maximum atomic E-state index is 13.0. The fourth-order valence-corrected chi connectivity index (χ4v) is 5.37. The van der Waals surface area contributed by atoms with E-state index < -0.39 is 10.0 Å². The number of piperazine rings is 1. The van der Waals surface area contributed by atoms with Crippen molar-refractivity contribution >= 4 is 21.4 Å². The third-order valence-corrected chi connectivity index (χ3v) is 7.26. The van der Waals surface area contributed by atoms with E-state index in [1.54, 1.807) is 28.6 Å². The Morgan fingerprint density at radius 3 is 2.35 bits per heavy atom. The molecule has 0 bridgehead atoms. The van der Waals surface area contributed by atoms with Gasteiger partial charge in [0.25, 0.3) is 10.0 Å². The van der Waals surface area contributed by atoms with E-state index in [9.17, 15) is 8.42 Å². The SMILES string of the molecule is CCN1CCN(c2ccc3c(c2)CCN3S(=O)(=O)c2ccccc2)CC1. The van der Waals surface area contributed by atoms with Crippen molar-refractivity contribution in [2.24, 2.45) is 0 Å². The normalized spacial score (nSPS) is 18.2. The molecule has 5 nitrogen and oxygen atoms in total. The number of rotatable bonds is 4. The standard InChI is InChI=1S/C20H25N3O2S/c1-2-21-12-14-22(15-13-21)18-8-9-20-17(16-18)10-11-23(20)26(24,25)19-6-4-3-5-7-19/h3-9,16H,2,10-15H2,1H3. The highest BCUT2D eigenvalue weighted by Crippen LogP contribution is 2.35. The minimum absolute atomic E-state index is 0.354. The zero-order valence-corrected chi connectivity index (χ0v) is 16.0. The summed E-state index contributed by atoms with van der Waals surface area (Å²) in [5.74, 6) is 0. The molecule has 1 saturated heterocycles. The first-order valence-electron chi connectivity index (χ1n) is 9.27. The molecule has 0 amide bonds. The van der Waals surface area contributed by atoms with Crippen molar-refractivity contribution in [1.29, 1.82) is 0 Å². The number of nitrogens with zero attached hydrogens (tertiary/aromatic N) is 3. The lowest BCUT2D eigenvalue weighted by Gasteiger charge is -2.35. The molecule has 0 unspecified atom stereocenters. The van der Waals surface area contributed by atoms with Gasteiger partial charge in [0.05, 0.1) is 10.6 Å². The molecular weight excluding hydrogens is 346 g/mol. The van der Waals surface area contributed by atoms with Crippen LogP contribution in [0.15, 0.2) is 53.4 Å². The van der Waals surface area contributed by atoms with E-state index in [1.165, 1.54) is 5.69 Å². The summed E-state index contributed by atoms with van der Waals surface area (Å²) in [5, 5.41) is 0. The van der Waals surface area contributed by atoms with E-state index >= 15 is 0 Å². The van der Waals surface area contributed by atoms with Crippen LogP contribution in [0.4, 0.5) is 11.4 Å². The first kappa shape index (κ1) is 17.4. The first-order chi connectivity index (χ1) is 12.6. The van der Waals surface area contributed by atoms with E-state index in [2.05, 4.69) is 28.9 Å². The van der Waals surface area contributed by atoms with Crippen molar-refractivity contribution in [3.63, 3.8) is 0 Å². The molecule has 0 aromatic heterocycles. The smallest absolute Gasteiger partial charge is 0.264 e. The van der Waals surface area contributed by atoms with Crippen LogP contribution in [0.5, 0.6) is 0 Å². The van der Waals surface area contributed by atoms with Crippen molar-refractivity contribution in [2.75, 3.05) is 48.5 Å². The molecule has 1 fully saturated rings. The Kier molecular flexibility index (Phi) is 4.63. The van der Waals surface area contributed by atoms with Crippen molar-refractivity contribution in [1.82, 2.24) is 4.90 Å². The van der Waals surface area contributed by atoms with Crippen LogP contribution in [0.2, 0.25) is 0 Å². The van der Waals surface area contributed by atoms with E-state index in [0.29, 0.717) is 11.4 Å².